The Morgan fingerprint density at radius 1 is 1.88 bits per heavy atom. The summed E-state index contributed by atoms with van der Waals surface area (Å²) in [6.45, 7) is 0.0417. The van der Waals surface area contributed by atoms with Crippen molar-refractivity contribution < 1.29 is 57.9 Å². The second-order valence-corrected chi connectivity index (χ2v) is 1.23. The number of rotatable bonds is 1. The summed E-state index contributed by atoms with van der Waals surface area (Å²) in [6, 6.07) is 0. The summed E-state index contributed by atoms with van der Waals surface area (Å²) >= 11 is 0. The molecule has 0 aliphatic carbocycles. The molecule has 4 heteroatoms. The van der Waals surface area contributed by atoms with E-state index in [0.29, 0.717) is 0 Å². The summed E-state index contributed by atoms with van der Waals surface area (Å²) in [7, 11) is 0. The zero-order chi connectivity index (χ0) is 5.11. The molecule has 0 atom stereocenters. The van der Waals surface area contributed by atoms with Crippen LogP contribution in [0.25, 0.3) is 0 Å². The van der Waals surface area contributed by atoms with Crippen LogP contribution in [0.1, 0.15) is 7.12 Å². The molecule has 0 saturated carbocycles. The largest absolute Gasteiger partial charge is 1.00 e. The van der Waals surface area contributed by atoms with Gasteiger partial charge in [0.1, 0.15) is 0 Å². The summed E-state index contributed by atoms with van der Waals surface area (Å²) in [4.78, 5) is 6.40. The number of aromatic nitrogens is 2. The molecule has 0 saturated heterocycles. The van der Waals surface area contributed by atoms with Crippen LogP contribution >= 0.6 is 0 Å². The van der Waals surface area contributed by atoms with Crippen LogP contribution < -0.4 is 51.4 Å². The van der Waals surface area contributed by atoms with Gasteiger partial charge in [-0.1, -0.05) is 0 Å². The Hall–Kier alpha value is 0.806. The van der Waals surface area contributed by atoms with E-state index in [2.05, 4.69) is 9.97 Å². The van der Waals surface area contributed by atoms with E-state index in [1.54, 1.807) is 6.20 Å². The van der Waals surface area contributed by atoms with Gasteiger partial charge in [0.25, 0.3) is 0 Å². The molecular formula is C4H7KN2O. The fraction of sp³-hybridized carbons (Fsp3) is 0.250. The maximum Gasteiger partial charge on any atom is 1.00 e. The Bertz CT molecular complexity index is 133. The fourth-order valence-corrected chi connectivity index (χ4v) is 0.371. The number of H-pyrrole nitrogens is 1. The van der Waals surface area contributed by atoms with Gasteiger partial charge in [0, 0.05) is 0 Å². The van der Waals surface area contributed by atoms with E-state index in [-0.39, 0.29) is 59.4 Å². The van der Waals surface area contributed by atoms with Crippen LogP contribution in [0, 0.1) is 0 Å². The molecule has 0 aromatic carbocycles. The molecule has 0 amide bonds. The van der Waals surface area contributed by atoms with E-state index in [9.17, 15) is 0 Å². The number of nitrogens with one attached hydrogen (secondary N) is 1. The minimum Gasteiger partial charge on any atom is -1.00 e. The van der Waals surface area contributed by atoms with Gasteiger partial charge in [-0.25, -0.2) is 4.98 Å². The number of hydrogen-bond donors (Lipinski definition) is 2. The molecule has 0 bridgehead atoms. The topological polar surface area (TPSA) is 48.9 Å². The van der Waals surface area contributed by atoms with E-state index in [1.165, 1.54) is 6.33 Å². The van der Waals surface area contributed by atoms with Gasteiger partial charge in [-0.3, -0.25) is 0 Å². The first-order valence-electron chi connectivity index (χ1n) is 2.01. The van der Waals surface area contributed by atoms with Crippen molar-refractivity contribution >= 4 is 0 Å². The Balaban J connectivity index is 0. The van der Waals surface area contributed by atoms with Gasteiger partial charge < -0.3 is 11.5 Å². The molecule has 0 fully saturated rings. The molecule has 1 heterocycles. The first-order valence-corrected chi connectivity index (χ1v) is 2.01. The van der Waals surface area contributed by atoms with Gasteiger partial charge in [0.2, 0.25) is 0 Å². The Morgan fingerprint density at radius 2 is 2.62 bits per heavy atom. The van der Waals surface area contributed by atoms with Crippen LogP contribution in [0.15, 0.2) is 12.5 Å². The number of aliphatic hydroxyl groups excluding tert-OH is 1. The predicted octanol–water partition coefficient (Wildman–Crippen LogP) is -2.98. The monoisotopic (exact) mass is 138 g/mol. The minimum atomic E-state index is 0. The normalized spacial score (nSPS) is 8.12. The van der Waals surface area contributed by atoms with Gasteiger partial charge in [-0.15, -0.1) is 0 Å². The predicted molar refractivity (Wildman–Crippen MR) is 25.6 cm³/mol. The third-order valence-corrected chi connectivity index (χ3v) is 0.725. The summed E-state index contributed by atoms with van der Waals surface area (Å²) in [5.41, 5.74) is 0.750. The van der Waals surface area contributed by atoms with E-state index >= 15 is 0 Å². The van der Waals surface area contributed by atoms with Crippen molar-refractivity contribution in [1.82, 2.24) is 9.97 Å². The van der Waals surface area contributed by atoms with Crippen LogP contribution in [0.2, 0.25) is 0 Å². The van der Waals surface area contributed by atoms with Gasteiger partial charge in [-0.05, 0) is 0 Å². The number of aliphatic hydroxyl groups is 1. The Labute approximate surface area is 91.4 Å². The van der Waals surface area contributed by atoms with Crippen LogP contribution in [0.5, 0.6) is 0 Å². The molecule has 0 aliphatic heterocycles. The smallest absolute Gasteiger partial charge is 1.00 e. The van der Waals surface area contributed by atoms with E-state index in [1.807, 2.05) is 0 Å². The zero-order valence-corrected chi connectivity index (χ0v) is 7.88. The minimum absolute atomic E-state index is 0. The second-order valence-electron chi connectivity index (χ2n) is 1.23. The fourth-order valence-electron chi connectivity index (χ4n) is 0.371. The van der Waals surface area contributed by atoms with Crippen molar-refractivity contribution in [3.05, 3.63) is 18.2 Å². The maximum atomic E-state index is 8.36. The van der Waals surface area contributed by atoms with Gasteiger partial charge in [0.15, 0.2) is 0 Å². The van der Waals surface area contributed by atoms with Crippen LogP contribution in [-0.4, -0.2) is 15.1 Å². The molecule has 0 unspecified atom stereocenters. The quantitative estimate of drug-likeness (QED) is 0.407. The molecule has 1 aromatic rings. The first-order chi connectivity index (χ1) is 3.43. The Morgan fingerprint density at radius 3 is 2.88 bits per heavy atom. The van der Waals surface area contributed by atoms with Crippen LogP contribution in [0.4, 0.5) is 0 Å². The average molecular weight is 138 g/mol. The SMILES string of the molecule is OCc1cnc[nH]1.[H-].[K+]. The average Bonchev–Trinajstić information content (AvgIpc) is 2.14. The summed E-state index contributed by atoms with van der Waals surface area (Å²) < 4.78 is 0. The van der Waals surface area contributed by atoms with Crippen molar-refractivity contribution in [2.24, 2.45) is 0 Å². The van der Waals surface area contributed by atoms with Gasteiger partial charge in [-0.2, -0.15) is 0 Å². The van der Waals surface area contributed by atoms with Gasteiger partial charge >= 0.3 is 51.4 Å². The van der Waals surface area contributed by atoms with Crippen molar-refractivity contribution in [3.8, 4) is 0 Å². The maximum absolute atomic E-state index is 8.36. The van der Waals surface area contributed by atoms with Crippen LogP contribution in [0.3, 0.4) is 0 Å². The van der Waals surface area contributed by atoms with Crippen molar-refractivity contribution in [1.29, 1.82) is 0 Å². The molecule has 3 nitrogen and oxygen atoms in total. The molecule has 40 valence electrons. The molecule has 2 N–H and O–H groups in total. The second kappa shape index (κ2) is 4.66. The third-order valence-electron chi connectivity index (χ3n) is 0.725. The third kappa shape index (κ3) is 2.39. The number of hydrogen-bond acceptors (Lipinski definition) is 2. The molecule has 1 aromatic heterocycles. The van der Waals surface area contributed by atoms with Crippen molar-refractivity contribution in [2.45, 2.75) is 6.61 Å². The Kier molecular flexibility index (Phi) is 5.13. The zero-order valence-electron chi connectivity index (χ0n) is 5.76. The molecular weight excluding hydrogens is 131 g/mol. The number of nitrogens with zero attached hydrogens (tertiary/aromatic N) is 1. The summed E-state index contributed by atoms with van der Waals surface area (Å²) in [5.74, 6) is 0. The number of imidazole rings is 1. The van der Waals surface area contributed by atoms with E-state index in [4.69, 9.17) is 5.11 Å². The van der Waals surface area contributed by atoms with Crippen molar-refractivity contribution in [2.75, 3.05) is 0 Å². The number of aromatic amines is 1. The molecule has 0 radical (unpaired) electrons. The van der Waals surface area contributed by atoms with E-state index < -0.39 is 0 Å². The van der Waals surface area contributed by atoms with Crippen molar-refractivity contribution in [3.63, 3.8) is 0 Å². The first kappa shape index (κ1) is 8.81. The van der Waals surface area contributed by atoms with E-state index in [0.717, 1.165) is 5.69 Å². The van der Waals surface area contributed by atoms with Crippen LogP contribution in [-0.2, 0) is 6.61 Å². The molecule has 0 aliphatic rings. The standard InChI is InChI=1S/C4H6N2O.K.H/c7-2-4-1-5-3-6-4;;/h1,3,7H,2H2,(H,5,6);;/q;+1;-1. The summed E-state index contributed by atoms with van der Waals surface area (Å²) in [5, 5.41) is 8.36. The molecule has 1 rings (SSSR count). The molecule has 8 heavy (non-hydrogen) atoms. The summed E-state index contributed by atoms with van der Waals surface area (Å²) in [6.07, 6.45) is 3.12. The molecule has 0 spiro atoms. The van der Waals surface area contributed by atoms with Gasteiger partial charge in [0.05, 0.1) is 24.8 Å².